The van der Waals surface area contributed by atoms with Crippen LogP contribution in [0.4, 0.5) is 10.6 Å². The molecule has 0 saturated carbocycles. The molecule has 6 rings (SSSR count). The van der Waals surface area contributed by atoms with Crippen LogP contribution in [0.5, 0.6) is 0 Å². The second kappa shape index (κ2) is 14.5. The normalized spacial score (nSPS) is 22.0. The summed E-state index contributed by atoms with van der Waals surface area (Å²) < 4.78 is 7.34. The van der Waals surface area contributed by atoms with E-state index in [2.05, 4.69) is 39.5 Å². The van der Waals surface area contributed by atoms with Gasteiger partial charge in [-0.3, -0.25) is 4.57 Å². The Morgan fingerprint density at radius 3 is 2.28 bits per heavy atom. The third kappa shape index (κ3) is 6.98. The van der Waals surface area contributed by atoms with E-state index in [-0.39, 0.29) is 12.5 Å². The van der Waals surface area contributed by atoms with Gasteiger partial charge in [-0.05, 0) is 37.1 Å². The third-order valence-electron chi connectivity index (χ3n) is 8.92. The zero-order valence-corrected chi connectivity index (χ0v) is 25.7. The SMILES string of the molecule is NC(=O)N(CCN1CCCCC1)Cc1nc(NCC(c2ccccc2)c2ccccc2)c2ncn([C@@H]3O[C@H](CO)[C@@H](O)[C@H]3O)c2n1. The van der Waals surface area contributed by atoms with E-state index in [1.54, 1.807) is 0 Å². The predicted molar refractivity (Wildman–Crippen MR) is 172 cm³/mol. The van der Waals surface area contributed by atoms with Gasteiger partial charge in [-0.15, -0.1) is 0 Å². The summed E-state index contributed by atoms with van der Waals surface area (Å²) in [6.07, 6.45) is 0.364. The number of amides is 2. The largest absolute Gasteiger partial charge is 0.394 e. The number of aromatic nitrogens is 4. The zero-order valence-electron chi connectivity index (χ0n) is 25.7. The van der Waals surface area contributed by atoms with Crippen LogP contribution in [0.1, 0.15) is 48.4 Å². The molecule has 13 heteroatoms. The average Bonchev–Trinajstić information content (AvgIpc) is 3.64. The summed E-state index contributed by atoms with van der Waals surface area (Å²) in [7, 11) is 0. The molecule has 0 spiro atoms. The molecular weight excluding hydrogens is 588 g/mol. The van der Waals surface area contributed by atoms with Gasteiger partial charge in [0.05, 0.1) is 19.5 Å². The molecule has 4 aromatic rings. The molecule has 0 bridgehead atoms. The van der Waals surface area contributed by atoms with Gasteiger partial charge in [0.1, 0.15) is 18.3 Å². The molecule has 46 heavy (non-hydrogen) atoms. The number of imidazole rings is 1. The number of urea groups is 1. The van der Waals surface area contributed by atoms with E-state index in [0.29, 0.717) is 42.4 Å². The van der Waals surface area contributed by atoms with E-state index < -0.39 is 37.2 Å². The van der Waals surface area contributed by atoms with Gasteiger partial charge < -0.3 is 40.9 Å². The van der Waals surface area contributed by atoms with E-state index >= 15 is 0 Å². The van der Waals surface area contributed by atoms with Crippen molar-refractivity contribution in [3.8, 4) is 0 Å². The van der Waals surface area contributed by atoms with Crippen molar-refractivity contribution in [2.24, 2.45) is 5.73 Å². The van der Waals surface area contributed by atoms with Gasteiger partial charge in [0.25, 0.3) is 0 Å². The van der Waals surface area contributed by atoms with Crippen molar-refractivity contribution in [3.63, 3.8) is 0 Å². The lowest BCUT2D eigenvalue weighted by molar-refractivity contribution is -0.0511. The molecule has 2 fully saturated rings. The fraction of sp³-hybridized carbons (Fsp3) is 0.455. The molecule has 2 saturated heterocycles. The quantitative estimate of drug-likeness (QED) is 0.156. The van der Waals surface area contributed by atoms with Crippen molar-refractivity contribution < 1.29 is 24.9 Å². The number of nitrogens with one attached hydrogen (secondary N) is 1. The Balaban J connectivity index is 1.33. The highest BCUT2D eigenvalue weighted by molar-refractivity contribution is 5.83. The summed E-state index contributed by atoms with van der Waals surface area (Å²) in [4.78, 5) is 30.6. The van der Waals surface area contributed by atoms with E-state index in [1.807, 2.05) is 36.4 Å². The number of benzene rings is 2. The number of fused-ring (bicyclic) bond motifs is 1. The first-order valence-electron chi connectivity index (χ1n) is 15.9. The first-order valence-corrected chi connectivity index (χ1v) is 15.9. The number of rotatable bonds is 12. The van der Waals surface area contributed by atoms with E-state index in [0.717, 1.165) is 37.1 Å². The van der Waals surface area contributed by atoms with Gasteiger partial charge in [0.2, 0.25) is 0 Å². The average molecular weight is 631 g/mol. The molecule has 244 valence electrons. The highest BCUT2D eigenvalue weighted by Gasteiger charge is 2.44. The van der Waals surface area contributed by atoms with Crippen LogP contribution in [-0.4, -0.2) is 108 Å². The van der Waals surface area contributed by atoms with Crippen molar-refractivity contribution in [2.45, 2.75) is 56.3 Å². The summed E-state index contributed by atoms with van der Waals surface area (Å²) in [5.74, 6) is 0.768. The van der Waals surface area contributed by atoms with E-state index in [9.17, 15) is 20.1 Å². The Bertz CT molecular complexity index is 1540. The Morgan fingerprint density at radius 1 is 1.00 bits per heavy atom. The molecule has 4 atom stereocenters. The molecule has 0 radical (unpaired) electrons. The summed E-state index contributed by atoms with van der Waals surface area (Å²) in [5, 5.41) is 34.4. The topological polar surface area (TPSA) is 175 Å². The van der Waals surface area contributed by atoms with Crippen molar-refractivity contribution in [1.82, 2.24) is 29.3 Å². The number of piperidine rings is 1. The number of aliphatic hydroxyl groups is 3. The number of carbonyl (C=O) groups is 1. The minimum absolute atomic E-state index is 0.00920. The first kappa shape index (κ1) is 31.8. The number of ether oxygens (including phenoxy) is 1. The van der Waals surface area contributed by atoms with Crippen LogP contribution in [0.2, 0.25) is 0 Å². The standard InChI is InChI=1S/C33H42N8O5/c34-33(45)40(17-16-39-14-8-3-9-15-39)19-26-37-30(35-18-24(22-10-4-1-5-11-22)23-12-6-2-7-13-23)27-31(38-26)41(21-36-27)32-29(44)28(43)25(20-42)46-32/h1-2,4-7,10-13,21,24-25,28-29,32,42-44H,3,8-9,14-20H2,(H2,34,45)(H,35,37,38)/t25-,28-,29-,32-/m1/s1. The Kier molecular flexibility index (Phi) is 10.0. The van der Waals surface area contributed by atoms with Crippen LogP contribution in [0.25, 0.3) is 11.2 Å². The number of nitrogens with two attached hydrogens (primary N) is 1. The Hall–Kier alpha value is -4.14. The fourth-order valence-electron chi connectivity index (χ4n) is 6.33. The van der Waals surface area contributed by atoms with Crippen LogP contribution >= 0.6 is 0 Å². The van der Waals surface area contributed by atoms with Crippen LogP contribution in [0.15, 0.2) is 67.0 Å². The minimum atomic E-state index is -1.32. The second-order valence-electron chi connectivity index (χ2n) is 12.0. The summed E-state index contributed by atoms with van der Waals surface area (Å²) in [5.41, 5.74) is 8.86. The molecule has 2 amide bonds. The number of hydrogen-bond donors (Lipinski definition) is 5. The van der Waals surface area contributed by atoms with Gasteiger partial charge in [0, 0.05) is 25.6 Å². The van der Waals surface area contributed by atoms with Gasteiger partial charge in [-0.1, -0.05) is 67.1 Å². The summed E-state index contributed by atoms with van der Waals surface area (Å²) in [6, 6.07) is 19.8. The zero-order chi connectivity index (χ0) is 32.0. The number of primary amides is 1. The van der Waals surface area contributed by atoms with Gasteiger partial charge in [-0.2, -0.15) is 0 Å². The van der Waals surface area contributed by atoms with Crippen molar-refractivity contribution in [2.75, 3.05) is 44.6 Å². The number of hydrogen-bond acceptors (Lipinski definition) is 10. The molecule has 2 aliphatic rings. The van der Waals surface area contributed by atoms with Crippen molar-refractivity contribution in [1.29, 1.82) is 0 Å². The maximum atomic E-state index is 12.6. The van der Waals surface area contributed by atoms with Gasteiger partial charge in [0.15, 0.2) is 29.0 Å². The molecule has 6 N–H and O–H groups in total. The van der Waals surface area contributed by atoms with Crippen molar-refractivity contribution >= 4 is 23.0 Å². The lowest BCUT2D eigenvalue weighted by Crippen LogP contribution is -2.42. The fourth-order valence-corrected chi connectivity index (χ4v) is 6.33. The monoisotopic (exact) mass is 630 g/mol. The van der Waals surface area contributed by atoms with Gasteiger partial charge >= 0.3 is 6.03 Å². The van der Waals surface area contributed by atoms with Crippen LogP contribution in [-0.2, 0) is 11.3 Å². The molecule has 2 aliphatic heterocycles. The van der Waals surface area contributed by atoms with E-state index in [1.165, 1.54) is 22.2 Å². The highest BCUT2D eigenvalue weighted by Crippen LogP contribution is 2.33. The predicted octanol–water partition coefficient (Wildman–Crippen LogP) is 2.05. The Morgan fingerprint density at radius 2 is 1.67 bits per heavy atom. The molecule has 4 heterocycles. The first-order chi connectivity index (χ1) is 22.4. The minimum Gasteiger partial charge on any atom is -0.394 e. The summed E-state index contributed by atoms with van der Waals surface area (Å²) >= 11 is 0. The number of aliphatic hydroxyl groups excluding tert-OH is 3. The molecular formula is C33H42N8O5. The van der Waals surface area contributed by atoms with Crippen LogP contribution < -0.4 is 11.1 Å². The van der Waals surface area contributed by atoms with Gasteiger partial charge in [-0.25, -0.2) is 19.7 Å². The van der Waals surface area contributed by atoms with Crippen LogP contribution in [0.3, 0.4) is 0 Å². The molecule has 2 aromatic heterocycles. The molecule has 0 unspecified atom stereocenters. The lowest BCUT2D eigenvalue weighted by atomic mass is 9.91. The highest BCUT2D eigenvalue weighted by atomic mass is 16.6. The molecule has 0 aliphatic carbocycles. The second-order valence-corrected chi connectivity index (χ2v) is 12.0. The van der Waals surface area contributed by atoms with Crippen molar-refractivity contribution in [3.05, 3.63) is 83.9 Å². The smallest absolute Gasteiger partial charge is 0.315 e. The number of likely N-dealkylation sites (tertiary alicyclic amines) is 1. The number of nitrogens with zero attached hydrogens (tertiary/aromatic N) is 6. The van der Waals surface area contributed by atoms with E-state index in [4.69, 9.17) is 20.4 Å². The third-order valence-corrected chi connectivity index (χ3v) is 8.92. The van der Waals surface area contributed by atoms with Crippen LogP contribution in [0, 0.1) is 0 Å². The maximum Gasteiger partial charge on any atom is 0.315 e. The number of carbonyl (C=O) groups excluding carboxylic acids is 1. The summed E-state index contributed by atoms with van der Waals surface area (Å²) in [6.45, 7) is 3.21. The lowest BCUT2D eigenvalue weighted by Gasteiger charge is -2.29. The molecule has 2 aromatic carbocycles. The maximum absolute atomic E-state index is 12.6. The number of anilines is 1. The Labute approximate surface area is 267 Å². The molecule has 13 nitrogen and oxygen atoms in total.